The number of unbranched alkanes of at least 4 members (excludes halogenated alkanes) is 1. The Kier molecular flexibility index (Phi) is 3.74. The van der Waals surface area contributed by atoms with Crippen molar-refractivity contribution in [3.63, 3.8) is 0 Å². The van der Waals surface area contributed by atoms with Crippen molar-refractivity contribution in [3.05, 3.63) is 48.4 Å². The Morgan fingerprint density at radius 1 is 1.00 bits per heavy atom. The van der Waals surface area contributed by atoms with Crippen molar-refractivity contribution in [2.24, 2.45) is 5.73 Å². The highest BCUT2D eigenvalue weighted by atomic mass is 16.5. The van der Waals surface area contributed by atoms with E-state index in [4.69, 9.17) is 10.3 Å². The molecule has 0 radical (unpaired) electrons. The van der Waals surface area contributed by atoms with Crippen molar-refractivity contribution >= 4 is 10.8 Å². The van der Waals surface area contributed by atoms with E-state index >= 15 is 0 Å². The molecule has 4 nitrogen and oxygen atoms in total. The molecule has 0 saturated carbocycles. The van der Waals surface area contributed by atoms with E-state index in [1.54, 1.807) is 0 Å². The summed E-state index contributed by atoms with van der Waals surface area (Å²) in [5, 5.41) is 6.45. The van der Waals surface area contributed by atoms with Gasteiger partial charge in [-0.05, 0) is 36.2 Å². The van der Waals surface area contributed by atoms with E-state index in [1.165, 1.54) is 10.8 Å². The topological polar surface area (TPSA) is 64.9 Å². The van der Waals surface area contributed by atoms with Gasteiger partial charge in [0.05, 0.1) is 0 Å². The maximum atomic E-state index is 5.48. The fourth-order valence-electron chi connectivity index (χ4n) is 2.22. The summed E-state index contributed by atoms with van der Waals surface area (Å²) in [6.07, 6.45) is 2.75. The van der Waals surface area contributed by atoms with Crippen LogP contribution in [0.15, 0.2) is 47.0 Å². The van der Waals surface area contributed by atoms with Gasteiger partial charge in [-0.3, -0.25) is 0 Å². The van der Waals surface area contributed by atoms with Gasteiger partial charge in [-0.15, -0.1) is 0 Å². The second-order valence-electron chi connectivity index (χ2n) is 4.82. The van der Waals surface area contributed by atoms with Crippen LogP contribution in [0.25, 0.3) is 22.2 Å². The minimum atomic E-state index is 0.651. The first-order valence-corrected chi connectivity index (χ1v) is 6.88. The van der Waals surface area contributed by atoms with Crippen LogP contribution in [0.5, 0.6) is 0 Å². The number of aryl methyl sites for hydroxylation is 1. The molecule has 0 spiro atoms. The summed E-state index contributed by atoms with van der Waals surface area (Å²) in [7, 11) is 0. The predicted molar refractivity (Wildman–Crippen MR) is 79.2 cm³/mol. The molecule has 0 amide bonds. The molecule has 0 unspecified atom stereocenters. The highest BCUT2D eigenvalue weighted by Gasteiger charge is 2.08. The summed E-state index contributed by atoms with van der Waals surface area (Å²) >= 11 is 0. The number of benzene rings is 2. The van der Waals surface area contributed by atoms with Gasteiger partial charge in [-0.2, -0.15) is 4.98 Å². The predicted octanol–water partition coefficient (Wildman–Crippen LogP) is 3.17. The highest BCUT2D eigenvalue weighted by Crippen LogP contribution is 2.22. The molecule has 0 aliphatic carbocycles. The van der Waals surface area contributed by atoms with Crippen LogP contribution in [0.2, 0.25) is 0 Å². The van der Waals surface area contributed by atoms with E-state index in [2.05, 4.69) is 34.4 Å². The number of nitrogens with zero attached hydrogens (tertiary/aromatic N) is 2. The van der Waals surface area contributed by atoms with Crippen molar-refractivity contribution in [2.45, 2.75) is 19.3 Å². The minimum absolute atomic E-state index is 0.651. The number of hydrogen-bond donors (Lipinski definition) is 1. The van der Waals surface area contributed by atoms with Gasteiger partial charge >= 0.3 is 0 Å². The minimum Gasteiger partial charge on any atom is -0.339 e. The number of rotatable bonds is 5. The Morgan fingerprint density at radius 3 is 2.70 bits per heavy atom. The first-order valence-electron chi connectivity index (χ1n) is 6.88. The van der Waals surface area contributed by atoms with Gasteiger partial charge in [0.15, 0.2) is 0 Å². The molecular weight excluding hydrogens is 250 g/mol. The van der Waals surface area contributed by atoms with Gasteiger partial charge < -0.3 is 10.3 Å². The van der Waals surface area contributed by atoms with Crippen molar-refractivity contribution < 1.29 is 4.52 Å². The molecule has 0 aliphatic heterocycles. The summed E-state index contributed by atoms with van der Waals surface area (Å²) in [6.45, 7) is 0.700. The van der Waals surface area contributed by atoms with Crippen LogP contribution in [-0.4, -0.2) is 16.7 Å². The van der Waals surface area contributed by atoms with Crippen molar-refractivity contribution in [1.29, 1.82) is 0 Å². The number of aromatic nitrogens is 2. The SMILES string of the molecule is NCCCCc1nc(-c2ccc3ccccc3c2)no1. The summed E-state index contributed by atoms with van der Waals surface area (Å²) in [5.74, 6) is 1.33. The Labute approximate surface area is 117 Å². The smallest absolute Gasteiger partial charge is 0.226 e. The van der Waals surface area contributed by atoms with Gasteiger partial charge in [0.1, 0.15) is 0 Å². The fraction of sp³-hybridized carbons (Fsp3) is 0.250. The third-order valence-electron chi connectivity index (χ3n) is 3.32. The van der Waals surface area contributed by atoms with Crippen LogP contribution in [0.3, 0.4) is 0 Å². The molecule has 20 heavy (non-hydrogen) atoms. The van der Waals surface area contributed by atoms with Crippen LogP contribution in [0.4, 0.5) is 0 Å². The molecule has 0 saturated heterocycles. The molecule has 2 aromatic carbocycles. The third-order valence-corrected chi connectivity index (χ3v) is 3.32. The maximum absolute atomic E-state index is 5.48. The van der Waals surface area contributed by atoms with Gasteiger partial charge in [0.25, 0.3) is 0 Å². The molecule has 3 aromatic rings. The fourth-order valence-corrected chi connectivity index (χ4v) is 2.22. The van der Waals surface area contributed by atoms with Crippen LogP contribution in [-0.2, 0) is 6.42 Å². The van der Waals surface area contributed by atoms with Crippen molar-refractivity contribution in [1.82, 2.24) is 10.1 Å². The standard InChI is InChI=1S/C16H17N3O/c17-10-4-3-7-15-18-16(19-20-15)14-9-8-12-5-1-2-6-13(12)11-14/h1-2,5-6,8-9,11H,3-4,7,10,17H2. The second-order valence-corrected chi connectivity index (χ2v) is 4.82. The monoisotopic (exact) mass is 267 g/mol. The van der Waals surface area contributed by atoms with Gasteiger partial charge in [-0.1, -0.05) is 41.6 Å². The molecule has 0 atom stereocenters. The van der Waals surface area contributed by atoms with Gasteiger partial charge in [0.2, 0.25) is 11.7 Å². The Balaban J connectivity index is 1.83. The Hall–Kier alpha value is -2.20. The summed E-state index contributed by atoms with van der Waals surface area (Å²) in [6, 6.07) is 14.4. The maximum Gasteiger partial charge on any atom is 0.226 e. The first-order chi connectivity index (χ1) is 9.86. The van der Waals surface area contributed by atoms with E-state index in [1.807, 2.05) is 18.2 Å². The lowest BCUT2D eigenvalue weighted by atomic mass is 10.1. The summed E-state index contributed by atoms with van der Waals surface area (Å²) in [4.78, 5) is 4.44. The van der Waals surface area contributed by atoms with Gasteiger partial charge in [0, 0.05) is 12.0 Å². The molecule has 3 rings (SSSR count). The molecule has 0 aliphatic rings. The van der Waals surface area contributed by atoms with E-state index in [0.29, 0.717) is 18.3 Å². The van der Waals surface area contributed by atoms with Crippen molar-refractivity contribution in [3.8, 4) is 11.4 Å². The Morgan fingerprint density at radius 2 is 1.85 bits per heavy atom. The molecule has 1 heterocycles. The van der Waals surface area contributed by atoms with E-state index in [0.717, 1.165) is 24.8 Å². The summed E-state index contributed by atoms with van der Waals surface area (Å²) in [5.41, 5.74) is 6.46. The lowest BCUT2D eigenvalue weighted by Crippen LogP contribution is -1.99. The Bertz CT molecular complexity index is 706. The van der Waals surface area contributed by atoms with E-state index in [9.17, 15) is 0 Å². The van der Waals surface area contributed by atoms with E-state index < -0.39 is 0 Å². The zero-order valence-corrected chi connectivity index (χ0v) is 11.2. The second kappa shape index (κ2) is 5.84. The van der Waals surface area contributed by atoms with Crippen LogP contribution >= 0.6 is 0 Å². The number of fused-ring (bicyclic) bond motifs is 1. The number of hydrogen-bond acceptors (Lipinski definition) is 4. The molecule has 2 N–H and O–H groups in total. The first kappa shape index (κ1) is 12.8. The third kappa shape index (κ3) is 2.70. The molecular formula is C16H17N3O. The zero-order chi connectivity index (χ0) is 13.8. The lowest BCUT2D eigenvalue weighted by molar-refractivity contribution is 0.375. The molecule has 102 valence electrons. The van der Waals surface area contributed by atoms with Crippen LogP contribution in [0, 0.1) is 0 Å². The van der Waals surface area contributed by atoms with E-state index in [-0.39, 0.29) is 0 Å². The molecule has 4 heteroatoms. The average Bonchev–Trinajstić information content (AvgIpc) is 2.96. The zero-order valence-electron chi connectivity index (χ0n) is 11.2. The van der Waals surface area contributed by atoms with Crippen LogP contribution in [0.1, 0.15) is 18.7 Å². The van der Waals surface area contributed by atoms with Gasteiger partial charge in [-0.25, -0.2) is 0 Å². The largest absolute Gasteiger partial charge is 0.339 e. The normalized spacial score (nSPS) is 11.1. The average molecular weight is 267 g/mol. The van der Waals surface area contributed by atoms with Crippen molar-refractivity contribution in [2.75, 3.05) is 6.54 Å². The van der Waals surface area contributed by atoms with Crippen LogP contribution < -0.4 is 5.73 Å². The quantitative estimate of drug-likeness (QED) is 0.721. The summed E-state index contributed by atoms with van der Waals surface area (Å²) < 4.78 is 5.28. The lowest BCUT2D eigenvalue weighted by Gasteiger charge is -1.99. The molecule has 0 bridgehead atoms. The highest BCUT2D eigenvalue weighted by molar-refractivity contribution is 5.86. The molecule has 1 aromatic heterocycles. The number of nitrogens with two attached hydrogens (primary N) is 1. The molecule has 0 fully saturated rings.